The maximum atomic E-state index is 5.87. The van der Waals surface area contributed by atoms with Crippen molar-refractivity contribution < 1.29 is 0 Å². The zero-order valence-electron chi connectivity index (χ0n) is 11.6. The van der Waals surface area contributed by atoms with Crippen LogP contribution in [0.15, 0.2) is 0 Å². The molecule has 106 valence electrons. The zero-order chi connectivity index (χ0) is 13.8. The number of nitrogen functional groups attached to an aromatic ring is 1. The van der Waals surface area contributed by atoms with Crippen LogP contribution in [-0.2, 0) is 0 Å². The highest BCUT2D eigenvalue weighted by molar-refractivity contribution is 6.28. The molecule has 5 nitrogen and oxygen atoms in total. The topological polar surface area (TPSA) is 67.9 Å². The molecule has 0 radical (unpaired) electrons. The van der Waals surface area contributed by atoms with Crippen molar-refractivity contribution in [1.29, 1.82) is 0 Å². The first-order valence-corrected chi connectivity index (χ1v) is 7.43. The number of nitrogens with two attached hydrogens (primary N) is 1. The summed E-state index contributed by atoms with van der Waals surface area (Å²) in [4.78, 5) is 14.4. The van der Waals surface area contributed by atoms with E-state index >= 15 is 0 Å². The Bertz CT molecular complexity index is 399. The average molecular weight is 284 g/mol. The monoisotopic (exact) mass is 283 g/mol. The maximum absolute atomic E-state index is 5.87. The van der Waals surface area contributed by atoms with Crippen molar-refractivity contribution in [2.24, 2.45) is 5.92 Å². The van der Waals surface area contributed by atoms with E-state index in [-0.39, 0.29) is 11.2 Å². The minimum Gasteiger partial charge on any atom is -0.368 e. The van der Waals surface area contributed by atoms with Crippen molar-refractivity contribution in [2.45, 2.75) is 52.0 Å². The Hall–Kier alpha value is -1.10. The van der Waals surface area contributed by atoms with Crippen molar-refractivity contribution in [1.82, 2.24) is 15.0 Å². The minimum atomic E-state index is 0.164. The summed E-state index contributed by atoms with van der Waals surface area (Å²) in [6.07, 6.45) is 6.58. The van der Waals surface area contributed by atoms with E-state index in [1.165, 1.54) is 32.1 Å². The highest BCUT2D eigenvalue weighted by atomic mass is 35.5. The summed E-state index contributed by atoms with van der Waals surface area (Å²) >= 11 is 5.87. The number of halogens is 1. The van der Waals surface area contributed by atoms with Crippen LogP contribution >= 0.6 is 11.6 Å². The van der Waals surface area contributed by atoms with E-state index in [1.54, 1.807) is 0 Å². The molecule has 2 N–H and O–H groups in total. The standard InChI is InChI=1S/C13H22ClN5/c1-3-19(9(2)10-7-5-4-6-8-10)13-17-11(14)16-12(15)18-13/h9-10H,3-8H2,1-2H3,(H2,15,16,17,18)/t9-/m0/s1. The molecule has 1 saturated carbocycles. The van der Waals surface area contributed by atoms with Gasteiger partial charge in [-0.2, -0.15) is 15.0 Å². The van der Waals surface area contributed by atoms with Crippen LogP contribution in [0.2, 0.25) is 5.28 Å². The van der Waals surface area contributed by atoms with E-state index in [4.69, 9.17) is 17.3 Å². The first kappa shape index (κ1) is 14.3. The lowest BCUT2D eigenvalue weighted by atomic mass is 9.84. The van der Waals surface area contributed by atoms with Gasteiger partial charge in [0.05, 0.1) is 0 Å². The van der Waals surface area contributed by atoms with Gasteiger partial charge >= 0.3 is 0 Å². The Labute approximate surface area is 119 Å². The lowest BCUT2D eigenvalue weighted by molar-refractivity contribution is 0.304. The molecule has 1 atom stereocenters. The van der Waals surface area contributed by atoms with E-state index in [1.807, 2.05) is 0 Å². The van der Waals surface area contributed by atoms with E-state index in [2.05, 4.69) is 33.7 Å². The fourth-order valence-electron chi connectivity index (χ4n) is 2.97. The fraction of sp³-hybridized carbons (Fsp3) is 0.769. The van der Waals surface area contributed by atoms with Gasteiger partial charge in [0.15, 0.2) is 0 Å². The number of hydrogen-bond donors (Lipinski definition) is 1. The summed E-state index contributed by atoms with van der Waals surface area (Å²) in [5, 5.41) is 0.164. The lowest BCUT2D eigenvalue weighted by Crippen LogP contribution is -2.40. The van der Waals surface area contributed by atoms with Gasteiger partial charge in [0.1, 0.15) is 0 Å². The third-order valence-electron chi connectivity index (χ3n) is 4.03. The molecule has 1 aliphatic rings. The van der Waals surface area contributed by atoms with Gasteiger partial charge in [-0.05, 0) is 44.2 Å². The summed E-state index contributed by atoms with van der Waals surface area (Å²) in [5.41, 5.74) is 5.66. The molecular formula is C13H22ClN5. The van der Waals surface area contributed by atoms with Gasteiger partial charge in [0.2, 0.25) is 17.2 Å². The predicted molar refractivity (Wildman–Crippen MR) is 78.3 cm³/mol. The molecule has 0 bridgehead atoms. The second kappa shape index (κ2) is 6.37. The molecule has 0 aromatic carbocycles. The molecule has 0 spiro atoms. The molecule has 1 aliphatic carbocycles. The zero-order valence-corrected chi connectivity index (χ0v) is 12.4. The van der Waals surface area contributed by atoms with Crippen LogP contribution in [0, 0.1) is 5.92 Å². The molecule has 1 aromatic heterocycles. The maximum Gasteiger partial charge on any atom is 0.231 e. The Morgan fingerprint density at radius 2 is 1.95 bits per heavy atom. The molecule has 1 heterocycles. The third kappa shape index (κ3) is 3.47. The summed E-state index contributed by atoms with van der Waals surface area (Å²) in [6, 6.07) is 0.406. The first-order chi connectivity index (χ1) is 9.11. The molecule has 0 amide bonds. The van der Waals surface area contributed by atoms with Crippen molar-refractivity contribution in [3.63, 3.8) is 0 Å². The number of aromatic nitrogens is 3. The van der Waals surface area contributed by atoms with Gasteiger partial charge in [-0.3, -0.25) is 0 Å². The molecule has 0 aliphatic heterocycles. The van der Waals surface area contributed by atoms with Crippen molar-refractivity contribution in [3.8, 4) is 0 Å². The van der Waals surface area contributed by atoms with Crippen molar-refractivity contribution in [2.75, 3.05) is 17.2 Å². The smallest absolute Gasteiger partial charge is 0.231 e. The first-order valence-electron chi connectivity index (χ1n) is 7.05. The van der Waals surface area contributed by atoms with Crippen LogP contribution in [0.4, 0.5) is 11.9 Å². The van der Waals surface area contributed by atoms with E-state index in [0.717, 1.165) is 6.54 Å². The van der Waals surface area contributed by atoms with Crippen molar-refractivity contribution >= 4 is 23.5 Å². The summed E-state index contributed by atoms with van der Waals surface area (Å²) < 4.78 is 0. The largest absolute Gasteiger partial charge is 0.368 e. The van der Waals surface area contributed by atoms with Gasteiger partial charge in [-0.1, -0.05) is 19.3 Å². The second-order valence-electron chi connectivity index (χ2n) is 5.19. The Morgan fingerprint density at radius 1 is 1.26 bits per heavy atom. The predicted octanol–water partition coefficient (Wildman–Crippen LogP) is 2.90. The second-order valence-corrected chi connectivity index (χ2v) is 5.53. The molecule has 2 rings (SSSR count). The third-order valence-corrected chi connectivity index (χ3v) is 4.20. The Morgan fingerprint density at radius 3 is 2.53 bits per heavy atom. The molecule has 1 aromatic rings. The van der Waals surface area contributed by atoms with Crippen LogP contribution < -0.4 is 10.6 Å². The van der Waals surface area contributed by atoms with Crippen LogP contribution in [0.3, 0.4) is 0 Å². The Kier molecular flexibility index (Phi) is 4.80. The summed E-state index contributed by atoms with van der Waals surface area (Å²) in [5.74, 6) is 1.48. The molecular weight excluding hydrogens is 262 g/mol. The average Bonchev–Trinajstić information content (AvgIpc) is 2.39. The highest BCUT2D eigenvalue weighted by Crippen LogP contribution is 2.30. The number of hydrogen-bond acceptors (Lipinski definition) is 5. The van der Waals surface area contributed by atoms with Gasteiger partial charge in [0.25, 0.3) is 0 Å². The van der Waals surface area contributed by atoms with Crippen LogP contribution in [0.25, 0.3) is 0 Å². The molecule has 0 unspecified atom stereocenters. The van der Waals surface area contributed by atoms with Gasteiger partial charge in [-0.15, -0.1) is 0 Å². The van der Waals surface area contributed by atoms with Crippen LogP contribution in [0.5, 0.6) is 0 Å². The molecule has 1 fully saturated rings. The molecule has 6 heteroatoms. The summed E-state index contributed by atoms with van der Waals surface area (Å²) in [6.45, 7) is 5.19. The van der Waals surface area contributed by atoms with Gasteiger partial charge in [-0.25, -0.2) is 0 Å². The van der Waals surface area contributed by atoms with Crippen LogP contribution in [0.1, 0.15) is 46.0 Å². The quantitative estimate of drug-likeness (QED) is 0.920. The van der Waals surface area contributed by atoms with E-state index in [9.17, 15) is 0 Å². The molecule has 19 heavy (non-hydrogen) atoms. The normalized spacial score (nSPS) is 18.3. The summed E-state index contributed by atoms with van der Waals surface area (Å²) in [7, 11) is 0. The van der Waals surface area contributed by atoms with E-state index < -0.39 is 0 Å². The number of rotatable bonds is 4. The van der Waals surface area contributed by atoms with Gasteiger partial charge < -0.3 is 10.6 Å². The molecule has 0 saturated heterocycles. The van der Waals surface area contributed by atoms with Gasteiger partial charge in [0, 0.05) is 12.6 Å². The van der Waals surface area contributed by atoms with Crippen LogP contribution in [-0.4, -0.2) is 27.5 Å². The lowest BCUT2D eigenvalue weighted by Gasteiger charge is -2.36. The minimum absolute atomic E-state index is 0.164. The fourth-order valence-corrected chi connectivity index (χ4v) is 3.13. The Balaban J connectivity index is 2.17. The number of nitrogens with zero attached hydrogens (tertiary/aromatic N) is 4. The highest BCUT2D eigenvalue weighted by Gasteiger charge is 2.26. The van der Waals surface area contributed by atoms with Crippen molar-refractivity contribution in [3.05, 3.63) is 5.28 Å². The SMILES string of the molecule is CCN(c1nc(N)nc(Cl)n1)[C@@H](C)C1CCCCC1. The number of anilines is 2. The van der Waals surface area contributed by atoms with E-state index in [0.29, 0.717) is 17.9 Å².